The average molecular weight is 134 g/mol. The number of rotatable bonds is 0. The molecule has 0 unspecified atom stereocenters. The SMILES string of the molecule is C1NCC2CC1C2.Cl. The Balaban J connectivity index is 0.000000320. The Morgan fingerprint density at radius 3 is 1.62 bits per heavy atom. The maximum atomic E-state index is 3.38. The summed E-state index contributed by atoms with van der Waals surface area (Å²) in [5.41, 5.74) is 0. The Bertz CT molecular complexity index is 65.1. The molecule has 0 radical (unpaired) electrons. The van der Waals surface area contributed by atoms with Crippen molar-refractivity contribution in [2.45, 2.75) is 12.8 Å². The van der Waals surface area contributed by atoms with Crippen LogP contribution < -0.4 is 5.32 Å². The molecule has 0 spiro atoms. The van der Waals surface area contributed by atoms with E-state index in [4.69, 9.17) is 0 Å². The first-order chi connectivity index (χ1) is 3.45. The third-order valence-corrected chi connectivity index (χ3v) is 2.20. The van der Waals surface area contributed by atoms with Gasteiger partial charge in [-0.05, 0) is 37.8 Å². The smallest absolute Gasteiger partial charge is 0.00202 e. The van der Waals surface area contributed by atoms with Crippen LogP contribution in [0.1, 0.15) is 12.8 Å². The summed E-state index contributed by atoms with van der Waals surface area (Å²) in [5, 5.41) is 3.38. The summed E-state index contributed by atoms with van der Waals surface area (Å²) in [6.07, 6.45) is 3.04. The van der Waals surface area contributed by atoms with Gasteiger partial charge in [-0.25, -0.2) is 0 Å². The monoisotopic (exact) mass is 133 g/mol. The highest BCUT2D eigenvalue weighted by Crippen LogP contribution is 2.35. The standard InChI is InChI=1S/C6H11N.ClH/c1-5-2-6(1)4-7-3-5;/h5-7H,1-4H2;1H. The summed E-state index contributed by atoms with van der Waals surface area (Å²) in [6, 6.07) is 0. The van der Waals surface area contributed by atoms with Crippen LogP contribution in [0.3, 0.4) is 0 Å². The van der Waals surface area contributed by atoms with Crippen LogP contribution in [-0.2, 0) is 0 Å². The largest absolute Gasteiger partial charge is 0.316 e. The van der Waals surface area contributed by atoms with Gasteiger partial charge < -0.3 is 5.32 Å². The van der Waals surface area contributed by atoms with Crippen LogP contribution in [0.5, 0.6) is 0 Å². The zero-order chi connectivity index (χ0) is 4.69. The first-order valence-corrected chi connectivity index (χ1v) is 3.16. The maximum Gasteiger partial charge on any atom is -0.00202 e. The van der Waals surface area contributed by atoms with E-state index in [-0.39, 0.29) is 12.4 Å². The molecule has 1 aliphatic carbocycles. The molecule has 48 valence electrons. The van der Waals surface area contributed by atoms with Gasteiger partial charge in [0.15, 0.2) is 0 Å². The number of piperidine rings is 2. The normalized spacial score (nSPS) is 42.0. The van der Waals surface area contributed by atoms with Crippen molar-refractivity contribution in [3.05, 3.63) is 0 Å². The molecule has 0 atom stereocenters. The van der Waals surface area contributed by atoms with Crippen molar-refractivity contribution >= 4 is 12.4 Å². The van der Waals surface area contributed by atoms with Crippen molar-refractivity contribution in [1.29, 1.82) is 0 Å². The molecule has 1 N–H and O–H groups in total. The lowest BCUT2D eigenvalue weighted by molar-refractivity contribution is 0.135. The minimum atomic E-state index is 0. The predicted octanol–water partition coefficient (Wildman–Crippen LogP) is 1.04. The van der Waals surface area contributed by atoms with Crippen LogP contribution >= 0.6 is 12.4 Å². The third kappa shape index (κ3) is 0.848. The lowest BCUT2D eigenvalue weighted by Gasteiger charge is -2.41. The van der Waals surface area contributed by atoms with E-state index >= 15 is 0 Å². The Labute approximate surface area is 56.3 Å². The number of hydrogen-bond acceptors (Lipinski definition) is 1. The molecular weight excluding hydrogens is 122 g/mol. The lowest BCUT2D eigenvalue weighted by Crippen LogP contribution is -2.45. The molecule has 3 fully saturated rings. The lowest BCUT2D eigenvalue weighted by atomic mass is 9.72. The Kier molecular flexibility index (Phi) is 1.78. The van der Waals surface area contributed by atoms with Gasteiger partial charge in [-0.2, -0.15) is 0 Å². The zero-order valence-corrected chi connectivity index (χ0v) is 5.71. The molecule has 2 bridgehead atoms. The molecule has 3 rings (SSSR count). The molecule has 2 heteroatoms. The van der Waals surface area contributed by atoms with Gasteiger partial charge in [-0.15, -0.1) is 12.4 Å². The van der Waals surface area contributed by atoms with E-state index < -0.39 is 0 Å². The predicted molar refractivity (Wildman–Crippen MR) is 36.3 cm³/mol. The fourth-order valence-electron chi connectivity index (χ4n) is 1.70. The fourth-order valence-corrected chi connectivity index (χ4v) is 1.70. The molecule has 0 aromatic heterocycles. The van der Waals surface area contributed by atoms with E-state index in [1.807, 2.05) is 0 Å². The second-order valence-corrected chi connectivity index (χ2v) is 2.86. The molecule has 2 saturated heterocycles. The van der Waals surface area contributed by atoms with Crippen molar-refractivity contribution in [2.75, 3.05) is 13.1 Å². The highest BCUT2D eigenvalue weighted by Gasteiger charge is 2.32. The molecule has 1 saturated carbocycles. The maximum absolute atomic E-state index is 3.38. The number of fused-ring (bicyclic) bond motifs is 2. The molecule has 1 nitrogen and oxygen atoms in total. The summed E-state index contributed by atoms with van der Waals surface area (Å²) in [7, 11) is 0. The summed E-state index contributed by atoms with van der Waals surface area (Å²) >= 11 is 0. The number of hydrogen-bond donors (Lipinski definition) is 1. The summed E-state index contributed by atoms with van der Waals surface area (Å²) in [6.45, 7) is 2.60. The van der Waals surface area contributed by atoms with E-state index in [0.717, 1.165) is 11.8 Å². The Morgan fingerprint density at radius 2 is 1.50 bits per heavy atom. The van der Waals surface area contributed by atoms with E-state index in [9.17, 15) is 0 Å². The van der Waals surface area contributed by atoms with Crippen molar-refractivity contribution in [3.8, 4) is 0 Å². The molecule has 0 aromatic rings. The second kappa shape index (κ2) is 2.24. The van der Waals surface area contributed by atoms with Crippen LogP contribution in [0, 0.1) is 11.8 Å². The molecule has 8 heavy (non-hydrogen) atoms. The van der Waals surface area contributed by atoms with Crippen molar-refractivity contribution in [3.63, 3.8) is 0 Å². The van der Waals surface area contributed by atoms with E-state index in [0.29, 0.717) is 0 Å². The minimum Gasteiger partial charge on any atom is -0.316 e. The van der Waals surface area contributed by atoms with Crippen LogP contribution in [0.25, 0.3) is 0 Å². The highest BCUT2D eigenvalue weighted by atomic mass is 35.5. The van der Waals surface area contributed by atoms with E-state index in [1.54, 1.807) is 0 Å². The van der Waals surface area contributed by atoms with E-state index in [2.05, 4.69) is 5.32 Å². The quantitative estimate of drug-likeness (QED) is 0.521. The van der Waals surface area contributed by atoms with Crippen LogP contribution in [-0.4, -0.2) is 13.1 Å². The average Bonchev–Trinajstić information content (AvgIpc) is 1.67. The van der Waals surface area contributed by atoms with E-state index in [1.165, 1.54) is 25.9 Å². The van der Waals surface area contributed by atoms with Gasteiger partial charge in [0.2, 0.25) is 0 Å². The van der Waals surface area contributed by atoms with Gasteiger partial charge in [0, 0.05) is 0 Å². The van der Waals surface area contributed by atoms with Gasteiger partial charge in [-0.1, -0.05) is 0 Å². The highest BCUT2D eigenvalue weighted by molar-refractivity contribution is 5.85. The molecule has 2 aliphatic heterocycles. The molecule has 0 amide bonds. The van der Waals surface area contributed by atoms with Crippen LogP contribution in [0.2, 0.25) is 0 Å². The molecular formula is C6H12ClN. The van der Waals surface area contributed by atoms with Crippen molar-refractivity contribution in [1.82, 2.24) is 5.32 Å². The van der Waals surface area contributed by atoms with Crippen molar-refractivity contribution in [2.24, 2.45) is 11.8 Å². The van der Waals surface area contributed by atoms with Crippen molar-refractivity contribution < 1.29 is 0 Å². The molecule has 2 heterocycles. The number of halogens is 1. The van der Waals surface area contributed by atoms with Gasteiger partial charge in [0.1, 0.15) is 0 Å². The fraction of sp³-hybridized carbons (Fsp3) is 1.00. The van der Waals surface area contributed by atoms with Gasteiger partial charge in [0.25, 0.3) is 0 Å². The Hall–Kier alpha value is 0.250. The third-order valence-electron chi connectivity index (χ3n) is 2.20. The van der Waals surface area contributed by atoms with Gasteiger partial charge in [-0.3, -0.25) is 0 Å². The second-order valence-electron chi connectivity index (χ2n) is 2.86. The summed E-state index contributed by atoms with van der Waals surface area (Å²) in [5.74, 6) is 2.14. The molecule has 3 aliphatic rings. The summed E-state index contributed by atoms with van der Waals surface area (Å²) < 4.78 is 0. The first kappa shape index (κ1) is 6.37. The van der Waals surface area contributed by atoms with Gasteiger partial charge in [0.05, 0.1) is 0 Å². The summed E-state index contributed by atoms with van der Waals surface area (Å²) in [4.78, 5) is 0. The van der Waals surface area contributed by atoms with Crippen LogP contribution in [0.4, 0.5) is 0 Å². The van der Waals surface area contributed by atoms with Gasteiger partial charge >= 0.3 is 0 Å². The molecule has 0 aromatic carbocycles. The van der Waals surface area contributed by atoms with Crippen LogP contribution in [0.15, 0.2) is 0 Å². The minimum absolute atomic E-state index is 0. The topological polar surface area (TPSA) is 12.0 Å². The number of nitrogens with one attached hydrogen (secondary N) is 1. The Morgan fingerprint density at radius 1 is 1.00 bits per heavy atom. The zero-order valence-electron chi connectivity index (χ0n) is 4.89. The first-order valence-electron chi connectivity index (χ1n) is 3.16.